The summed E-state index contributed by atoms with van der Waals surface area (Å²) in [5.74, 6) is -0.576. The third-order valence-corrected chi connectivity index (χ3v) is 6.66. The molecule has 2 unspecified atom stereocenters. The SMILES string of the molecule is CC(C)(C)OC(=O)N(CC1(CN2CC[C@H](C(=O)O)C2)CC1)C1CC1c1ccccc1. The highest BCUT2D eigenvalue weighted by Crippen LogP contribution is 2.52. The summed E-state index contributed by atoms with van der Waals surface area (Å²) >= 11 is 0. The third kappa shape index (κ3) is 4.97. The van der Waals surface area contributed by atoms with Gasteiger partial charge in [-0.3, -0.25) is 4.79 Å². The molecule has 6 nitrogen and oxygen atoms in total. The number of rotatable bonds is 7. The summed E-state index contributed by atoms with van der Waals surface area (Å²) in [6.45, 7) is 8.76. The Morgan fingerprint density at radius 1 is 1.23 bits per heavy atom. The number of likely N-dealkylation sites (tertiary alicyclic amines) is 1. The molecule has 4 rings (SSSR count). The molecule has 1 aliphatic heterocycles. The van der Waals surface area contributed by atoms with Gasteiger partial charge in [0.05, 0.1) is 5.92 Å². The van der Waals surface area contributed by atoms with Gasteiger partial charge >= 0.3 is 12.1 Å². The number of hydrogen-bond donors (Lipinski definition) is 1. The predicted octanol–water partition coefficient (Wildman–Crippen LogP) is 3.97. The molecule has 3 fully saturated rings. The van der Waals surface area contributed by atoms with Gasteiger partial charge < -0.3 is 19.6 Å². The van der Waals surface area contributed by atoms with E-state index < -0.39 is 11.6 Å². The number of nitrogens with zero attached hydrogens (tertiary/aromatic N) is 2. The molecule has 1 aromatic rings. The van der Waals surface area contributed by atoms with E-state index in [1.807, 2.05) is 31.7 Å². The van der Waals surface area contributed by atoms with Gasteiger partial charge in [0.25, 0.3) is 0 Å². The minimum atomic E-state index is -0.693. The van der Waals surface area contributed by atoms with E-state index in [1.54, 1.807) is 0 Å². The summed E-state index contributed by atoms with van der Waals surface area (Å²) in [6.07, 6.45) is 3.65. The molecule has 1 amide bonds. The molecule has 0 bridgehead atoms. The second kappa shape index (κ2) is 7.88. The topological polar surface area (TPSA) is 70.1 Å². The van der Waals surface area contributed by atoms with Gasteiger partial charge in [-0.1, -0.05) is 30.3 Å². The van der Waals surface area contributed by atoms with Crippen LogP contribution < -0.4 is 0 Å². The van der Waals surface area contributed by atoms with E-state index in [4.69, 9.17) is 4.74 Å². The van der Waals surface area contributed by atoms with Crippen LogP contribution in [0, 0.1) is 11.3 Å². The van der Waals surface area contributed by atoms with Crippen molar-refractivity contribution in [1.82, 2.24) is 9.80 Å². The fraction of sp³-hybridized carbons (Fsp3) is 0.667. The van der Waals surface area contributed by atoms with Crippen LogP contribution in [0.3, 0.4) is 0 Å². The molecule has 3 atom stereocenters. The van der Waals surface area contributed by atoms with Crippen LogP contribution in [0.25, 0.3) is 0 Å². The van der Waals surface area contributed by atoms with Crippen molar-refractivity contribution in [3.8, 4) is 0 Å². The molecular weight excluding hydrogens is 380 g/mol. The zero-order valence-electron chi connectivity index (χ0n) is 18.3. The van der Waals surface area contributed by atoms with Crippen molar-refractivity contribution < 1.29 is 19.4 Å². The zero-order chi connectivity index (χ0) is 21.5. The van der Waals surface area contributed by atoms with Crippen molar-refractivity contribution in [2.24, 2.45) is 11.3 Å². The van der Waals surface area contributed by atoms with E-state index in [0.717, 1.165) is 38.8 Å². The molecule has 1 heterocycles. The lowest BCUT2D eigenvalue weighted by molar-refractivity contribution is -0.141. The maximum absolute atomic E-state index is 13.1. The Morgan fingerprint density at radius 2 is 1.93 bits per heavy atom. The summed E-state index contributed by atoms with van der Waals surface area (Å²) in [7, 11) is 0. The molecule has 1 N–H and O–H groups in total. The smallest absolute Gasteiger partial charge is 0.410 e. The highest BCUT2D eigenvalue weighted by Gasteiger charge is 2.53. The Balaban J connectivity index is 1.44. The second-order valence-corrected chi connectivity index (χ2v) is 10.5. The molecule has 0 spiro atoms. The molecule has 3 aliphatic rings. The Kier molecular flexibility index (Phi) is 5.56. The van der Waals surface area contributed by atoms with Crippen LogP contribution >= 0.6 is 0 Å². The van der Waals surface area contributed by atoms with E-state index in [-0.39, 0.29) is 23.5 Å². The first-order chi connectivity index (χ1) is 14.2. The minimum Gasteiger partial charge on any atom is -0.481 e. The van der Waals surface area contributed by atoms with Gasteiger partial charge in [-0.15, -0.1) is 0 Å². The molecule has 0 radical (unpaired) electrons. The number of ether oxygens (including phenoxy) is 1. The summed E-state index contributed by atoms with van der Waals surface area (Å²) in [6, 6.07) is 10.6. The molecule has 30 heavy (non-hydrogen) atoms. The lowest BCUT2D eigenvalue weighted by atomic mass is 10.0. The number of carbonyl (C=O) groups excluding carboxylic acids is 1. The fourth-order valence-corrected chi connectivity index (χ4v) is 4.78. The van der Waals surface area contributed by atoms with Crippen molar-refractivity contribution in [2.45, 2.75) is 64.0 Å². The molecule has 2 saturated carbocycles. The fourth-order valence-electron chi connectivity index (χ4n) is 4.78. The predicted molar refractivity (Wildman–Crippen MR) is 114 cm³/mol. The Bertz CT molecular complexity index is 784. The number of carboxylic acid groups (broad SMARTS) is 1. The zero-order valence-corrected chi connectivity index (χ0v) is 18.3. The van der Waals surface area contributed by atoms with E-state index >= 15 is 0 Å². The monoisotopic (exact) mass is 414 g/mol. The van der Waals surface area contributed by atoms with Crippen LogP contribution in [-0.2, 0) is 9.53 Å². The van der Waals surface area contributed by atoms with Gasteiger partial charge in [-0.2, -0.15) is 0 Å². The Labute approximate surface area is 179 Å². The Morgan fingerprint density at radius 3 is 2.50 bits per heavy atom. The molecule has 1 aromatic carbocycles. The van der Waals surface area contributed by atoms with E-state index in [0.29, 0.717) is 19.0 Å². The van der Waals surface area contributed by atoms with Crippen LogP contribution in [0.15, 0.2) is 30.3 Å². The summed E-state index contributed by atoms with van der Waals surface area (Å²) in [5, 5.41) is 9.29. The van der Waals surface area contributed by atoms with Crippen LogP contribution in [0.2, 0.25) is 0 Å². The molecule has 0 aromatic heterocycles. The van der Waals surface area contributed by atoms with Crippen LogP contribution in [-0.4, -0.2) is 64.8 Å². The summed E-state index contributed by atoms with van der Waals surface area (Å²) < 4.78 is 5.77. The number of carboxylic acids is 1. The number of amides is 1. The average molecular weight is 415 g/mol. The molecule has 2 aliphatic carbocycles. The van der Waals surface area contributed by atoms with Gasteiger partial charge in [-0.05, 0) is 58.6 Å². The van der Waals surface area contributed by atoms with E-state index in [9.17, 15) is 14.7 Å². The highest BCUT2D eigenvalue weighted by atomic mass is 16.6. The van der Waals surface area contributed by atoms with Crippen LogP contribution in [0.5, 0.6) is 0 Å². The lowest BCUT2D eigenvalue weighted by Crippen LogP contribution is -2.44. The molecule has 1 saturated heterocycles. The maximum Gasteiger partial charge on any atom is 0.410 e. The van der Waals surface area contributed by atoms with E-state index in [2.05, 4.69) is 29.2 Å². The van der Waals surface area contributed by atoms with Crippen molar-refractivity contribution in [3.63, 3.8) is 0 Å². The summed E-state index contributed by atoms with van der Waals surface area (Å²) in [4.78, 5) is 28.7. The quantitative estimate of drug-likeness (QED) is 0.731. The standard InChI is InChI=1S/C24H34N2O4/c1-23(2,3)30-22(29)26(20-13-19(20)17-7-5-4-6-8-17)16-24(10-11-24)15-25-12-9-18(14-25)21(27)28/h4-8,18-20H,9-16H2,1-3H3,(H,27,28)/t18-,19?,20?/m0/s1. The number of benzene rings is 1. The number of carbonyl (C=O) groups is 2. The molecular formula is C24H34N2O4. The van der Waals surface area contributed by atoms with Crippen molar-refractivity contribution >= 4 is 12.1 Å². The first kappa shape index (κ1) is 21.2. The van der Waals surface area contributed by atoms with Crippen LogP contribution in [0.4, 0.5) is 4.79 Å². The van der Waals surface area contributed by atoms with Gasteiger partial charge in [-0.25, -0.2) is 4.79 Å². The Hall–Kier alpha value is -2.08. The number of aliphatic carboxylic acids is 1. The summed E-state index contributed by atoms with van der Waals surface area (Å²) in [5.41, 5.74) is 0.839. The van der Waals surface area contributed by atoms with Gasteiger partial charge in [0.15, 0.2) is 0 Å². The highest BCUT2D eigenvalue weighted by molar-refractivity contribution is 5.70. The molecule has 164 valence electrons. The third-order valence-electron chi connectivity index (χ3n) is 6.66. The largest absolute Gasteiger partial charge is 0.481 e. The van der Waals surface area contributed by atoms with Gasteiger partial charge in [0.2, 0.25) is 0 Å². The van der Waals surface area contributed by atoms with Gasteiger partial charge in [0.1, 0.15) is 5.60 Å². The molecule has 6 heteroatoms. The first-order valence-corrected chi connectivity index (χ1v) is 11.2. The minimum absolute atomic E-state index is 0.0775. The lowest BCUT2D eigenvalue weighted by Gasteiger charge is -2.32. The van der Waals surface area contributed by atoms with Crippen molar-refractivity contribution in [1.29, 1.82) is 0 Å². The normalized spacial score (nSPS) is 27.5. The van der Waals surface area contributed by atoms with Crippen LogP contribution in [0.1, 0.15) is 57.9 Å². The van der Waals surface area contributed by atoms with Crippen molar-refractivity contribution in [3.05, 3.63) is 35.9 Å². The van der Waals surface area contributed by atoms with Crippen molar-refractivity contribution in [2.75, 3.05) is 26.2 Å². The van der Waals surface area contributed by atoms with Gasteiger partial charge in [0, 0.05) is 37.0 Å². The second-order valence-electron chi connectivity index (χ2n) is 10.5. The maximum atomic E-state index is 13.1. The van der Waals surface area contributed by atoms with E-state index in [1.165, 1.54) is 5.56 Å². The number of hydrogen-bond acceptors (Lipinski definition) is 4. The first-order valence-electron chi connectivity index (χ1n) is 11.2. The average Bonchev–Trinajstić information content (AvgIpc) is 3.57.